The minimum absolute atomic E-state index is 0.145. The number of nitrogens with zero attached hydrogens (tertiary/aromatic N) is 4. The lowest BCUT2D eigenvalue weighted by Crippen LogP contribution is -2.34. The molecule has 0 saturated carbocycles. The standard InChI is InChI=1S/C16H16N2O6S4.2C6H15N/c1-9(28(22,23)24)6-7-17-10-4-2-3-5-11(10)26-15(17)13-14(21)18(8-12(19)20)16(25)27-13;2*1-4-7(5-2)6-3/h2-5,9H,6-8H2,1H3,(H,19,20)(H,22,23,24);2*4-6H2,1-3H3. The van der Waals surface area contributed by atoms with Crippen LogP contribution in [0.1, 0.15) is 54.9 Å². The smallest absolute Gasteiger partial charge is 0.323 e. The summed E-state index contributed by atoms with van der Waals surface area (Å²) in [6, 6.07) is 7.41. The number of benzene rings is 1. The van der Waals surface area contributed by atoms with Crippen molar-refractivity contribution in [3.63, 3.8) is 0 Å². The van der Waals surface area contributed by atoms with Crippen LogP contribution in [0.15, 0.2) is 39.1 Å². The first kappa shape index (κ1) is 38.3. The molecule has 0 spiro atoms. The first-order chi connectivity index (χ1) is 19.8. The molecule has 1 amide bonds. The Labute approximate surface area is 265 Å². The number of thiocarbonyl (C=S) groups is 1. The summed E-state index contributed by atoms with van der Waals surface area (Å²) in [7, 11) is -4.17. The summed E-state index contributed by atoms with van der Waals surface area (Å²) in [5, 5.41) is 8.61. The van der Waals surface area contributed by atoms with Gasteiger partial charge in [0.1, 0.15) is 20.8 Å². The summed E-state index contributed by atoms with van der Waals surface area (Å²) in [6.07, 6.45) is 0.145. The highest BCUT2D eigenvalue weighted by molar-refractivity contribution is 8.27. The van der Waals surface area contributed by atoms with Gasteiger partial charge in [-0.1, -0.05) is 89.4 Å². The zero-order chi connectivity index (χ0) is 32.0. The molecule has 3 rings (SSSR count). The predicted molar refractivity (Wildman–Crippen MR) is 179 cm³/mol. The van der Waals surface area contributed by atoms with Gasteiger partial charge in [-0.25, -0.2) is 0 Å². The third-order valence-corrected chi connectivity index (χ3v) is 10.9. The molecule has 1 atom stereocenters. The Balaban J connectivity index is 0.000000522. The first-order valence-electron chi connectivity index (χ1n) is 14.2. The fourth-order valence-electron chi connectivity index (χ4n) is 4.03. The van der Waals surface area contributed by atoms with Crippen LogP contribution in [0.2, 0.25) is 0 Å². The Bertz CT molecular complexity index is 1160. The monoisotopic (exact) mass is 662 g/mol. The molecule has 0 aliphatic carbocycles. The molecule has 2 aliphatic rings. The van der Waals surface area contributed by atoms with E-state index in [0.717, 1.165) is 27.2 Å². The summed E-state index contributed by atoms with van der Waals surface area (Å²) >= 11 is 7.53. The van der Waals surface area contributed by atoms with Gasteiger partial charge in [0.05, 0.1) is 10.9 Å². The second kappa shape index (κ2) is 18.9. The van der Waals surface area contributed by atoms with E-state index in [1.54, 1.807) is 0 Å². The Hall–Kier alpha value is -1.68. The maximum absolute atomic E-state index is 12.8. The maximum Gasteiger partial charge on any atom is 0.323 e. The summed E-state index contributed by atoms with van der Waals surface area (Å²) in [5.41, 5.74) is 0.813. The van der Waals surface area contributed by atoms with Crippen LogP contribution in [-0.4, -0.2) is 107 Å². The molecule has 1 fully saturated rings. The van der Waals surface area contributed by atoms with Crippen molar-refractivity contribution in [2.45, 2.75) is 65.0 Å². The molecule has 14 heteroatoms. The van der Waals surface area contributed by atoms with Crippen LogP contribution in [0.5, 0.6) is 0 Å². The van der Waals surface area contributed by atoms with Crippen LogP contribution in [0.4, 0.5) is 5.69 Å². The zero-order valence-corrected chi connectivity index (χ0v) is 29.0. The van der Waals surface area contributed by atoms with Crippen LogP contribution in [0, 0.1) is 0 Å². The average molecular weight is 663 g/mol. The number of carbonyl (C=O) groups is 2. The van der Waals surface area contributed by atoms with E-state index in [9.17, 15) is 22.6 Å². The number of thioether (sulfide) groups is 2. The predicted octanol–water partition coefficient (Wildman–Crippen LogP) is 5.08. The molecule has 42 heavy (non-hydrogen) atoms. The lowest BCUT2D eigenvalue weighted by atomic mass is 10.2. The van der Waals surface area contributed by atoms with E-state index in [0.29, 0.717) is 9.93 Å². The number of amides is 1. The largest absolute Gasteiger partial charge is 0.480 e. The summed E-state index contributed by atoms with van der Waals surface area (Å²) in [4.78, 5) is 32.6. The number of rotatable bonds is 12. The van der Waals surface area contributed by atoms with Gasteiger partial charge in [0.25, 0.3) is 16.0 Å². The third kappa shape index (κ3) is 11.4. The van der Waals surface area contributed by atoms with Crippen molar-refractivity contribution in [3.8, 4) is 0 Å². The molecule has 1 aromatic carbocycles. The Morgan fingerprint density at radius 1 is 0.929 bits per heavy atom. The molecule has 2 aliphatic heterocycles. The number of hydrogen-bond acceptors (Lipinski definition) is 10. The molecule has 0 radical (unpaired) electrons. The highest BCUT2D eigenvalue weighted by Crippen LogP contribution is 2.50. The molecule has 0 aromatic heterocycles. The highest BCUT2D eigenvalue weighted by atomic mass is 32.2. The van der Waals surface area contributed by atoms with E-state index in [1.807, 2.05) is 29.2 Å². The molecular weight excluding hydrogens is 617 g/mol. The minimum atomic E-state index is -4.17. The van der Waals surface area contributed by atoms with Crippen LogP contribution in [0.3, 0.4) is 0 Å². The van der Waals surface area contributed by atoms with Crippen LogP contribution in [0.25, 0.3) is 0 Å². The summed E-state index contributed by atoms with van der Waals surface area (Å²) < 4.78 is 32.1. The van der Waals surface area contributed by atoms with Crippen molar-refractivity contribution in [2.75, 3.05) is 57.3 Å². The summed E-state index contributed by atoms with van der Waals surface area (Å²) in [6.45, 7) is 21.4. The van der Waals surface area contributed by atoms with E-state index in [2.05, 4.69) is 51.3 Å². The molecule has 2 heterocycles. The third-order valence-electron chi connectivity index (χ3n) is 6.90. The molecule has 2 N–H and O–H groups in total. The van der Waals surface area contributed by atoms with Gasteiger partial charge < -0.3 is 19.8 Å². The molecule has 1 saturated heterocycles. The van der Waals surface area contributed by atoms with Crippen molar-refractivity contribution >= 4 is 67.7 Å². The molecular formula is C28H46N4O6S4. The van der Waals surface area contributed by atoms with Gasteiger partial charge in [0.15, 0.2) is 0 Å². The van der Waals surface area contributed by atoms with Crippen molar-refractivity contribution in [1.82, 2.24) is 14.7 Å². The number of carboxylic acids is 1. The number of carboxylic acid groups (broad SMARTS) is 1. The Morgan fingerprint density at radius 3 is 1.86 bits per heavy atom. The minimum Gasteiger partial charge on any atom is -0.480 e. The number of aliphatic carboxylic acids is 1. The van der Waals surface area contributed by atoms with E-state index in [-0.39, 0.29) is 17.3 Å². The van der Waals surface area contributed by atoms with Gasteiger partial charge in [0.2, 0.25) is 0 Å². The normalized spacial score (nSPS) is 17.2. The molecule has 1 unspecified atom stereocenters. The SMILES string of the molecule is CC(CCN1C(=C2SC(=S)N(CC(=O)O)C2=O)Sc2ccccc21)S(=O)(=O)O.CCN(CC)CC.CCN(CC)CC. The quantitative estimate of drug-likeness (QED) is 0.176. The van der Waals surface area contributed by atoms with Gasteiger partial charge in [-0.2, -0.15) is 8.42 Å². The fourth-order valence-corrected chi connectivity index (χ4v) is 7.02. The van der Waals surface area contributed by atoms with Crippen LogP contribution >= 0.6 is 35.7 Å². The summed E-state index contributed by atoms with van der Waals surface area (Å²) in [5.74, 6) is -1.65. The van der Waals surface area contributed by atoms with E-state index >= 15 is 0 Å². The maximum atomic E-state index is 12.8. The van der Waals surface area contributed by atoms with Crippen molar-refractivity contribution in [2.24, 2.45) is 0 Å². The molecule has 10 nitrogen and oxygen atoms in total. The van der Waals surface area contributed by atoms with Crippen molar-refractivity contribution in [1.29, 1.82) is 0 Å². The van der Waals surface area contributed by atoms with Gasteiger partial charge >= 0.3 is 5.97 Å². The van der Waals surface area contributed by atoms with Crippen LogP contribution < -0.4 is 4.90 Å². The number of carbonyl (C=O) groups excluding carboxylic acids is 1. The second-order valence-electron chi connectivity index (χ2n) is 9.36. The van der Waals surface area contributed by atoms with Gasteiger partial charge in [-0.3, -0.25) is 19.0 Å². The van der Waals surface area contributed by atoms with E-state index in [4.69, 9.17) is 17.3 Å². The van der Waals surface area contributed by atoms with Crippen LogP contribution in [-0.2, 0) is 19.7 Å². The number of para-hydroxylation sites is 1. The molecule has 0 bridgehead atoms. The van der Waals surface area contributed by atoms with E-state index in [1.165, 1.54) is 58.0 Å². The number of anilines is 1. The number of fused-ring (bicyclic) bond motifs is 1. The van der Waals surface area contributed by atoms with Gasteiger partial charge in [0, 0.05) is 11.4 Å². The van der Waals surface area contributed by atoms with E-state index < -0.39 is 33.8 Å². The lowest BCUT2D eigenvalue weighted by Gasteiger charge is -2.22. The molecule has 1 aromatic rings. The average Bonchev–Trinajstić information content (AvgIpc) is 3.45. The Morgan fingerprint density at radius 2 is 1.43 bits per heavy atom. The van der Waals surface area contributed by atoms with Crippen molar-refractivity contribution < 1.29 is 27.7 Å². The first-order valence-corrected chi connectivity index (χ1v) is 17.8. The number of hydrogen-bond donors (Lipinski definition) is 2. The highest BCUT2D eigenvalue weighted by Gasteiger charge is 2.40. The molecule has 238 valence electrons. The van der Waals surface area contributed by atoms with Crippen molar-refractivity contribution in [3.05, 3.63) is 34.2 Å². The Kier molecular flexibility index (Phi) is 17.2. The topological polar surface area (TPSA) is 122 Å². The van der Waals surface area contributed by atoms with Gasteiger partial charge in [-0.15, -0.1) is 0 Å². The lowest BCUT2D eigenvalue weighted by molar-refractivity contribution is -0.140. The second-order valence-corrected chi connectivity index (χ2v) is 13.9. The fraction of sp³-hybridized carbons (Fsp3) is 0.607. The zero-order valence-electron chi connectivity index (χ0n) is 25.7. The van der Waals surface area contributed by atoms with Gasteiger partial charge in [-0.05, 0) is 64.7 Å².